The first-order chi connectivity index (χ1) is 17.7. The molecule has 7 heteroatoms. The molecule has 2 heterocycles. The van der Waals surface area contributed by atoms with Crippen LogP contribution in [-0.4, -0.2) is 34.5 Å². The molecule has 0 spiro atoms. The first-order valence-corrected chi connectivity index (χ1v) is 12.8. The van der Waals surface area contributed by atoms with Crippen molar-refractivity contribution in [2.45, 2.75) is 57.3 Å². The zero-order valence-corrected chi connectivity index (χ0v) is 20.4. The predicted molar refractivity (Wildman–Crippen MR) is 136 cm³/mol. The second-order valence-electron chi connectivity index (χ2n) is 9.74. The van der Waals surface area contributed by atoms with Crippen LogP contribution in [0.3, 0.4) is 0 Å². The summed E-state index contributed by atoms with van der Waals surface area (Å²) >= 11 is 0. The molecular weight excluding hydrogens is 455 g/mol. The molecule has 1 aromatic heterocycles. The third-order valence-electron chi connectivity index (χ3n) is 7.22. The van der Waals surface area contributed by atoms with E-state index in [1.165, 1.54) is 25.0 Å². The lowest BCUT2D eigenvalue weighted by Gasteiger charge is -2.31. The maximum atomic E-state index is 13.8. The van der Waals surface area contributed by atoms with Gasteiger partial charge < -0.3 is 9.64 Å². The van der Waals surface area contributed by atoms with Crippen molar-refractivity contribution < 1.29 is 13.9 Å². The summed E-state index contributed by atoms with van der Waals surface area (Å²) in [6.07, 6.45) is 8.80. The average Bonchev–Trinajstić information content (AvgIpc) is 3.34. The van der Waals surface area contributed by atoms with Crippen LogP contribution in [-0.2, 0) is 24.3 Å². The van der Waals surface area contributed by atoms with Crippen LogP contribution in [0.15, 0.2) is 73.1 Å². The Morgan fingerprint density at radius 1 is 0.944 bits per heavy atom. The number of aromatic nitrogens is 1. The molecule has 188 valence electrons. The molecule has 1 saturated heterocycles. The Hall–Kier alpha value is -3.29. The molecule has 3 unspecified atom stereocenters. The van der Waals surface area contributed by atoms with Crippen LogP contribution in [0.4, 0.5) is 4.39 Å². The Kier molecular flexibility index (Phi) is 7.88. The summed E-state index contributed by atoms with van der Waals surface area (Å²) in [6, 6.07) is 18.5. The van der Waals surface area contributed by atoms with Gasteiger partial charge in [0.2, 0.25) is 5.91 Å². The predicted octanol–water partition coefficient (Wildman–Crippen LogP) is 4.41. The molecular formula is C29H33FN4O2. The van der Waals surface area contributed by atoms with Crippen LogP contribution in [0.25, 0.3) is 0 Å². The van der Waals surface area contributed by atoms with E-state index in [0.29, 0.717) is 38.1 Å². The summed E-state index contributed by atoms with van der Waals surface area (Å²) in [7, 11) is 0. The van der Waals surface area contributed by atoms with E-state index in [1.54, 1.807) is 24.5 Å². The van der Waals surface area contributed by atoms with Gasteiger partial charge >= 0.3 is 0 Å². The highest BCUT2D eigenvalue weighted by Gasteiger charge is 2.42. The number of carbonyl (C=O) groups is 1. The molecule has 0 bridgehead atoms. The quantitative estimate of drug-likeness (QED) is 0.467. The fraction of sp³-hybridized carbons (Fsp3) is 0.379. The minimum atomic E-state index is -0.235. The van der Waals surface area contributed by atoms with Gasteiger partial charge in [0.15, 0.2) is 0 Å². The molecule has 2 N–H and O–H groups in total. The zero-order valence-electron chi connectivity index (χ0n) is 20.4. The van der Waals surface area contributed by atoms with E-state index < -0.39 is 0 Å². The summed E-state index contributed by atoms with van der Waals surface area (Å²) in [4.78, 5) is 19.8. The SMILES string of the molecule is O=C(C1NNC2CCCCC21)N(Cc1ccncc1)Cc1cccc(OCCc2ccc(F)cc2)c1. The van der Waals surface area contributed by atoms with E-state index in [-0.39, 0.29) is 17.8 Å². The van der Waals surface area contributed by atoms with Crippen molar-refractivity contribution in [2.24, 2.45) is 5.92 Å². The molecule has 0 radical (unpaired) electrons. The summed E-state index contributed by atoms with van der Waals surface area (Å²) in [5, 5.41) is 0. The van der Waals surface area contributed by atoms with Crippen molar-refractivity contribution in [2.75, 3.05) is 6.61 Å². The number of benzene rings is 2. The molecule has 36 heavy (non-hydrogen) atoms. The largest absolute Gasteiger partial charge is 0.493 e. The lowest BCUT2D eigenvalue weighted by Crippen LogP contribution is -2.47. The number of pyridine rings is 1. The highest BCUT2D eigenvalue weighted by molar-refractivity contribution is 5.82. The Balaban J connectivity index is 1.27. The first kappa shape index (κ1) is 24.4. The Labute approximate surface area is 211 Å². The third kappa shape index (κ3) is 6.09. The Bertz CT molecular complexity index is 1140. The summed E-state index contributed by atoms with van der Waals surface area (Å²) in [5.74, 6) is 0.975. The Morgan fingerprint density at radius 3 is 2.56 bits per heavy atom. The van der Waals surface area contributed by atoms with E-state index in [4.69, 9.17) is 4.74 Å². The molecule has 2 aliphatic rings. The molecule has 1 saturated carbocycles. The summed E-state index contributed by atoms with van der Waals surface area (Å²) < 4.78 is 19.1. The molecule has 3 atom stereocenters. The van der Waals surface area contributed by atoms with Gasteiger partial charge in [-0.05, 0) is 65.9 Å². The third-order valence-corrected chi connectivity index (χ3v) is 7.22. The normalized spacial score (nSPS) is 21.1. The molecule has 1 amide bonds. The van der Waals surface area contributed by atoms with Crippen LogP contribution in [0, 0.1) is 11.7 Å². The van der Waals surface area contributed by atoms with Crippen LogP contribution in [0.1, 0.15) is 42.4 Å². The molecule has 5 rings (SSSR count). The van der Waals surface area contributed by atoms with Gasteiger partial charge in [0.05, 0.1) is 6.61 Å². The maximum absolute atomic E-state index is 13.8. The number of carbonyl (C=O) groups excluding carboxylic acids is 1. The molecule has 1 aliphatic carbocycles. The fourth-order valence-corrected chi connectivity index (χ4v) is 5.30. The second-order valence-corrected chi connectivity index (χ2v) is 9.74. The van der Waals surface area contributed by atoms with Crippen molar-refractivity contribution in [1.82, 2.24) is 20.7 Å². The van der Waals surface area contributed by atoms with Crippen LogP contribution < -0.4 is 15.6 Å². The number of hydrazine groups is 1. The fourth-order valence-electron chi connectivity index (χ4n) is 5.30. The number of ether oxygens (including phenoxy) is 1. The molecule has 2 aromatic carbocycles. The van der Waals surface area contributed by atoms with E-state index in [9.17, 15) is 9.18 Å². The molecule has 2 fully saturated rings. The summed E-state index contributed by atoms with van der Waals surface area (Å²) in [6.45, 7) is 1.51. The van der Waals surface area contributed by atoms with Gasteiger partial charge in [-0.25, -0.2) is 9.82 Å². The minimum Gasteiger partial charge on any atom is -0.493 e. The first-order valence-electron chi connectivity index (χ1n) is 12.8. The van der Waals surface area contributed by atoms with E-state index >= 15 is 0 Å². The van der Waals surface area contributed by atoms with Crippen molar-refractivity contribution in [1.29, 1.82) is 0 Å². The minimum absolute atomic E-state index is 0.122. The van der Waals surface area contributed by atoms with Crippen molar-refractivity contribution in [3.05, 3.63) is 95.6 Å². The number of amides is 1. The average molecular weight is 489 g/mol. The smallest absolute Gasteiger partial charge is 0.242 e. The summed E-state index contributed by atoms with van der Waals surface area (Å²) in [5.41, 5.74) is 9.78. The van der Waals surface area contributed by atoms with Gasteiger partial charge in [0.1, 0.15) is 17.6 Å². The molecule has 6 nitrogen and oxygen atoms in total. The van der Waals surface area contributed by atoms with Gasteiger partial charge in [0, 0.05) is 43.9 Å². The van der Waals surface area contributed by atoms with Gasteiger partial charge in [0.25, 0.3) is 0 Å². The van der Waals surface area contributed by atoms with E-state index in [0.717, 1.165) is 35.3 Å². The van der Waals surface area contributed by atoms with Crippen molar-refractivity contribution in [3.8, 4) is 5.75 Å². The number of fused-ring (bicyclic) bond motifs is 1. The highest BCUT2D eigenvalue weighted by Crippen LogP contribution is 2.31. The van der Waals surface area contributed by atoms with Gasteiger partial charge in [-0.15, -0.1) is 0 Å². The van der Waals surface area contributed by atoms with E-state index in [1.807, 2.05) is 41.3 Å². The number of halogens is 1. The number of nitrogens with one attached hydrogen (secondary N) is 2. The lowest BCUT2D eigenvalue weighted by molar-refractivity contribution is -0.135. The number of nitrogens with zero attached hydrogens (tertiary/aromatic N) is 2. The van der Waals surface area contributed by atoms with Crippen LogP contribution >= 0.6 is 0 Å². The van der Waals surface area contributed by atoms with Gasteiger partial charge in [-0.1, -0.05) is 37.1 Å². The maximum Gasteiger partial charge on any atom is 0.242 e. The second kappa shape index (κ2) is 11.6. The van der Waals surface area contributed by atoms with Crippen LogP contribution in [0.5, 0.6) is 5.75 Å². The van der Waals surface area contributed by atoms with Gasteiger partial charge in [-0.3, -0.25) is 15.2 Å². The van der Waals surface area contributed by atoms with Crippen molar-refractivity contribution >= 4 is 5.91 Å². The van der Waals surface area contributed by atoms with Crippen molar-refractivity contribution in [3.63, 3.8) is 0 Å². The topological polar surface area (TPSA) is 66.5 Å². The molecule has 1 aliphatic heterocycles. The number of rotatable bonds is 9. The monoisotopic (exact) mass is 488 g/mol. The molecule has 3 aromatic rings. The number of hydrogen-bond donors (Lipinski definition) is 2. The van der Waals surface area contributed by atoms with Gasteiger partial charge in [-0.2, -0.15) is 0 Å². The lowest BCUT2D eigenvalue weighted by atomic mass is 9.81. The Morgan fingerprint density at radius 2 is 1.72 bits per heavy atom. The zero-order chi connectivity index (χ0) is 24.7. The number of hydrogen-bond acceptors (Lipinski definition) is 5. The standard InChI is InChI=1S/C29H33FN4O2/c30-24-10-8-21(9-11-24)14-17-36-25-5-3-4-23(18-25)20-34(19-22-12-15-31-16-13-22)29(35)28-26-6-1-2-7-27(26)32-33-28/h3-5,8-13,15-16,18,26-28,32-33H,1-2,6-7,14,17,19-20H2. The van der Waals surface area contributed by atoms with E-state index in [2.05, 4.69) is 15.8 Å². The van der Waals surface area contributed by atoms with Crippen LogP contribution in [0.2, 0.25) is 0 Å². The highest BCUT2D eigenvalue weighted by atomic mass is 19.1.